The van der Waals surface area contributed by atoms with Gasteiger partial charge in [0.2, 0.25) is 10.0 Å². The number of amides is 1. The van der Waals surface area contributed by atoms with Gasteiger partial charge in [0.1, 0.15) is 0 Å². The zero-order valence-corrected chi connectivity index (χ0v) is 9.57. The quantitative estimate of drug-likeness (QED) is 0.345. The molecule has 0 fully saturated rings. The maximum atomic E-state index is 11.4. The summed E-state index contributed by atoms with van der Waals surface area (Å²) in [7, 11) is -3.59. The van der Waals surface area contributed by atoms with E-state index in [1.807, 2.05) is 0 Å². The summed E-state index contributed by atoms with van der Waals surface area (Å²) in [6.45, 7) is -0.0871. The highest BCUT2D eigenvalue weighted by Gasteiger charge is 2.09. The Kier molecular flexibility index (Phi) is 4.31. The van der Waals surface area contributed by atoms with Crippen molar-refractivity contribution < 1.29 is 13.2 Å². The molecule has 0 bridgehead atoms. The van der Waals surface area contributed by atoms with Gasteiger partial charge in [0.15, 0.2) is 11.5 Å². The van der Waals surface area contributed by atoms with E-state index >= 15 is 0 Å². The van der Waals surface area contributed by atoms with E-state index in [0.717, 1.165) is 0 Å². The smallest absolute Gasteiger partial charge is 0.271 e. The van der Waals surface area contributed by atoms with Gasteiger partial charge in [0.05, 0.1) is 5.75 Å². The molecule has 0 aliphatic carbocycles. The molecule has 0 saturated carbocycles. The second-order valence-electron chi connectivity index (χ2n) is 3.07. The summed E-state index contributed by atoms with van der Waals surface area (Å²) >= 11 is 0. The van der Waals surface area contributed by atoms with Gasteiger partial charge in [-0.3, -0.25) is 4.79 Å². The van der Waals surface area contributed by atoms with Crippen LogP contribution < -0.4 is 21.7 Å². The van der Waals surface area contributed by atoms with Gasteiger partial charge in [-0.1, -0.05) is 0 Å². The van der Waals surface area contributed by atoms with Gasteiger partial charge < -0.3 is 10.7 Å². The van der Waals surface area contributed by atoms with Crippen molar-refractivity contribution >= 4 is 21.7 Å². The molecule has 0 saturated heterocycles. The molecule has 9 nitrogen and oxygen atoms in total. The molecule has 6 N–H and O–H groups in total. The lowest BCUT2D eigenvalue weighted by Gasteiger charge is -2.03. The van der Waals surface area contributed by atoms with Crippen molar-refractivity contribution in [2.75, 3.05) is 17.7 Å². The normalized spacial score (nSPS) is 10.9. The fourth-order valence-electron chi connectivity index (χ4n) is 0.928. The van der Waals surface area contributed by atoms with Crippen molar-refractivity contribution in [2.24, 2.45) is 11.0 Å². The standard InChI is InChI=1S/C7H12N6O3S/c8-11-6-2-1-5(12-13-6)7(14)10-3-4-17(9,15)16/h1-2H,3-4,8H2,(H,10,14)(H,11,13)(H2,9,15,16). The average molecular weight is 260 g/mol. The van der Waals surface area contributed by atoms with Gasteiger partial charge in [-0.15, -0.1) is 10.2 Å². The molecule has 0 atom stereocenters. The van der Waals surface area contributed by atoms with E-state index in [9.17, 15) is 13.2 Å². The van der Waals surface area contributed by atoms with Crippen molar-refractivity contribution in [3.63, 3.8) is 0 Å². The van der Waals surface area contributed by atoms with E-state index in [1.165, 1.54) is 12.1 Å². The minimum Gasteiger partial charge on any atom is -0.350 e. The van der Waals surface area contributed by atoms with Crippen LogP contribution in [0.25, 0.3) is 0 Å². The molecule has 94 valence electrons. The van der Waals surface area contributed by atoms with Gasteiger partial charge in [0.25, 0.3) is 5.91 Å². The van der Waals surface area contributed by atoms with Crippen LogP contribution in [0.3, 0.4) is 0 Å². The third-order valence-electron chi connectivity index (χ3n) is 1.72. The molecular formula is C7H12N6O3S. The number of hydrogen-bond acceptors (Lipinski definition) is 7. The fraction of sp³-hybridized carbons (Fsp3) is 0.286. The zero-order chi connectivity index (χ0) is 12.9. The zero-order valence-electron chi connectivity index (χ0n) is 8.75. The van der Waals surface area contributed by atoms with Crippen LogP contribution in [0.15, 0.2) is 12.1 Å². The first-order valence-electron chi connectivity index (χ1n) is 4.51. The molecular weight excluding hydrogens is 248 g/mol. The van der Waals surface area contributed by atoms with Crippen molar-refractivity contribution in [3.05, 3.63) is 17.8 Å². The molecule has 1 aromatic heterocycles. The second kappa shape index (κ2) is 5.52. The number of nitrogens with two attached hydrogens (primary N) is 2. The number of nitrogens with one attached hydrogen (secondary N) is 2. The van der Waals surface area contributed by atoms with E-state index in [2.05, 4.69) is 20.9 Å². The van der Waals surface area contributed by atoms with Crippen LogP contribution in [0.4, 0.5) is 5.82 Å². The highest BCUT2D eigenvalue weighted by molar-refractivity contribution is 7.89. The molecule has 1 amide bonds. The minimum atomic E-state index is -3.59. The van der Waals surface area contributed by atoms with Crippen LogP contribution >= 0.6 is 0 Å². The number of primary sulfonamides is 1. The lowest BCUT2D eigenvalue weighted by Crippen LogP contribution is -2.32. The number of nitrogens with zero attached hydrogens (tertiary/aromatic N) is 2. The summed E-state index contributed by atoms with van der Waals surface area (Å²) in [4.78, 5) is 11.4. The summed E-state index contributed by atoms with van der Waals surface area (Å²) in [5.74, 6) is 4.51. The van der Waals surface area contributed by atoms with E-state index in [0.29, 0.717) is 5.82 Å². The number of anilines is 1. The van der Waals surface area contributed by atoms with Crippen LogP contribution in [0.5, 0.6) is 0 Å². The van der Waals surface area contributed by atoms with Crippen molar-refractivity contribution in [1.82, 2.24) is 15.5 Å². The van der Waals surface area contributed by atoms with Crippen molar-refractivity contribution in [1.29, 1.82) is 0 Å². The number of nitrogen functional groups attached to an aromatic ring is 1. The largest absolute Gasteiger partial charge is 0.350 e. The van der Waals surface area contributed by atoms with E-state index in [-0.39, 0.29) is 18.0 Å². The van der Waals surface area contributed by atoms with E-state index in [1.54, 1.807) is 0 Å². The Morgan fingerprint density at radius 3 is 2.53 bits per heavy atom. The van der Waals surface area contributed by atoms with Crippen LogP contribution in [-0.2, 0) is 10.0 Å². The molecule has 0 unspecified atom stereocenters. The number of rotatable bonds is 5. The number of aromatic nitrogens is 2. The number of hydrazine groups is 1. The Labute approximate surface area is 97.6 Å². The number of carbonyl (C=O) groups excluding carboxylic acids is 1. The minimum absolute atomic E-state index is 0.0541. The van der Waals surface area contributed by atoms with E-state index < -0.39 is 15.9 Å². The van der Waals surface area contributed by atoms with Gasteiger partial charge in [0, 0.05) is 6.54 Å². The predicted molar refractivity (Wildman–Crippen MR) is 60.1 cm³/mol. The molecule has 0 aliphatic heterocycles. The van der Waals surface area contributed by atoms with Crippen LogP contribution in [-0.4, -0.2) is 36.8 Å². The summed E-state index contributed by atoms with van der Waals surface area (Å²) in [6.07, 6.45) is 0. The Hall–Kier alpha value is -1.78. The van der Waals surface area contributed by atoms with Gasteiger partial charge in [-0.05, 0) is 12.1 Å². The number of hydrogen-bond donors (Lipinski definition) is 4. The first-order chi connectivity index (χ1) is 7.92. The SMILES string of the molecule is NNc1ccc(C(=O)NCCS(N)(=O)=O)nn1. The molecule has 0 aliphatic rings. The molecule has 1 rings (SSSR count). The molecule has 0 radical (unpaired) electrons. The maximum Gasteiger partial charge on any atom is 0.271 e. The molecule has 17 heavy (non-hydrogen) atoms. The third-order valence-corrected chi connectivity index (χ3v) is 2.49. The molecule has 0 aromatic carbocycles. The molecule has 0 spiro atoms. The summed E-state index contributed by atoms with van der Waals surface area (Å²) in [6, 6.07) is 2.86. The lowest BCUT2D eigenvalue weighted by atomic mass is 10.3. The van der Waals surface area contributed by atoms with Crippen molar-refractivity contribution in [3.8, 4) is 0 Å². The van der Waals surface area contributed by atoms with Gasteiger partial charge >= 0.3 is 0 Å². The first kappa shape index (κ1) is 13.3. The highest BCUT2D eigenvalue weighted by atomic mass is 32.2. The Balaban J connectivity index is 2.52. The topological polar surface area (TPSA) is 153 Å². The second-order valence-corrected chi connectivity index (χ2v) is 4.81. The first-order valence-corrected chi connectivity index (χ1v) is 6.23. The lowest BCUT2D eigenvalue weighted by molar-refractivity contribution is 0.0950. The fourth-order valence-corrected chi connectivity index (χ4v) is 1.31. The van der Waals surface area contributed by atoms with Gasteiger partial charge in [-0.2, -0.15) is 0 Å². The Morgan fingerprint density at radius 2 is 2.06 bits per heavy atom. The predicted octanol–water partition coefficient (Wildman–Crippen LogP) is -2.22. The molecule has 10 heteroatoms. The number of sulfonamides is 1. The van der Waals surface area contributed by atoms with Crippen LogP contribution in [0.2, 0.25) is 0 Å². The van der Waals surface area contributed by atoms with Crippen LogP contribution in [0.1, 0.15) is 10.5 Å². The molecule has 1 heterocycles. The summed E-state index contributed by atoms with van der Waals surface area (Å²) < 4.78 is 21.2. The Bertz CT molecular complexity index is 485. The monoisotopic (exact) mass is 260 g/mol. The summed E-state index contributed by atoms with van der Waals surface area (Å²) in [5, 5.41) is 14.3. The molecule has 1 aromatic rings. The Morgan fingerprint density at radius 1 is 1.35 bits per heavy atom. The highest BCUT2D eigenvalue weighted by Crippen LogP contribution is 1.99. The average Bonchev–Trinajstić information content (AvgIpc) is 2.27. The number of carbonyl (C=O) groups is 1. The van der Waals surface area contributed by atoms with Crippen LogP contribution in [0, 0.1) is 0 Å². The summed E-state index contributed by atoms with van der Waals surface area (Å²) in [5.41, 5.74) is 2.31. The third kappa shape index (κ3) is 4.72. The van der Waals surface area contributed by atoms with Gasteiger partial charge in [-0.25, -0.2) is 19.4 Å². The van der Waals surface area contributed by atoms with Crippen molar-refractivity contribution in [2.45, 2.75) is 0 Å². The maximum absolute atomic E-state index is 11.4. The van der Waals surface area contributed by atoms with E-state index in [4.69, 9.17) is 11.0 Å².